The van der Waals surface area contributed by atoms with Crippen LogP contribution in [0.15, 0.2) is 27.7 Å². The first-order valence-electron chi connectivity index (χ1n) is 8.66. The van der Waals surface area contributed by atoms with E-state index in [4.69, 9.17) is 14.0 Å². The number of methoxy groups -OCH3 is 2. The molecule has 26 heavy (non-hydrogen) atoms. The smallest absolute Gasteiger partial charge is 0.190 e. The third-order valence-corrected chi connectivity index (χ3v) is 4.23. The van der Waals surface area contributed by atoms with Crippen LogP contribution >= 0.6 is 0 Å². The molecule has 7 heteroatoms. The summed E-state index contributed by atoms with van der Waals surface area (Å²) in [6.07, 6.45) is 1.70. The van der Waals surface area contributed by atoms with Gasteiger partial charge in [0, 0.05) is 25.7 Å². The molecule has 0 unspecified atom stereocenters. The minimum Gasteiger partial charge on any atom is -0.493 e. The van der Waals surface area contributed by atoms with Crippen LogP contribution in [0.25, 0.3) is 0 Å². The highest BCUT2D eigenvalue weighted by atomic mass is 16.5. The second-order valence-corrected chi connectivity index (χ2v) is 5.92. The van der Waals surface area contributed by atoms with E-state index in [0.29, 0.717) is 0 Å². The minimum atomic E-state index is 0.737. The van der Waals surface area contributed by atoms with Gasteiger partial charge < -0.3 is 24.6 Å². The Morgan fingerprint density at radius 3 is 2.35 bits per heavy atom. The van der Waals surface area contributed by atoms with E-state index in [9.17, 15) is 0 Å². The number of aromatic nitrogens is 1. The molecule has 0 aliphatic rings. The molecule has 0 fully saturated rings. The monoisotopic (exact) mass is 360 g/mol. The second-order valence-electron chi connectivity index (χ2n) is 5.92. The molecule has 2 N–H and O–H groups in total. The Bertz CT molecular complexity index is 721. The number of hydrogen-bond donors (Lipinski definition) is 2. The largest absolute Gasteiger partial charge is 0.493 e. The van der Waals surface area contributed by atoms with Crippen molar-refractivity contribution < 1.29 is 14.0 Å². The molecule has 0 aliphatic heterocycles. The number of ether oxygens (including phenoxy) is 2. The topological polar surface area (TPSA) is 80.9 Å². The molecule has 2 aromatic rings. The summed E-state index contributed by atoms with van der Waals surface area (Å²) in [4.78, 5) is 4.25. The van der Waals surface area contributed by atoms with Crippen molar-refractivity contribution in [3.8, 4) is 11.5 Å². The van der Waals surface area contributed by atoms with Gasteiger partial charge in [0.15, 0.2) is 17.5 Å². The van der Waals surface area contributed by atoms with Gasteiger partial charge in [-0.25, -0.2) is 0 Å². The predicted octanol–water partition coefficient (Wildman–Crippen LogP) is 2.26. The summed E-state index contributed by atoms with van der Waals surface area (Å²) in [5.41, 5.74) is 3.26. The van der Waals surface area contributed by atoms with Crippen LogP contribution in [-0.4, -0.2) is 45.5 Å². The lowest BCUT2D eigenvalue weighted by Gasteiger charge is -2.13. The van der Waals surface area contributed by atoms with Crippen molar-refractivity contribution in [2.45, 2.75) is 26.7 Å². The lowest BCUT2D eigenvalue weighted by molar-refractivity contribution is 0.354. The van der Waals surface area contributed by atoms with Gasteiger partial charge >= 0.3 is 0 Å². The van der Waals surface area contributed by atoms with Gasteiger partial charge in [0.05, 0.1) is 19.9 Å². The third-order valence-electron chi connectivity index (χ3n) is 4.23. The quantitative estimate of drug-likeness (QED) is 0.555. The van der Waals surface area contributed by atoms with Crippen LogP contribution in [0.4, 0.5) is 0 Å². The average molecular weight is 360 g/mol. The Balaban J connectivity index is 1.78. The normalized spacial score (nSPS) is 11.3. The fourth-order valence-corrected chi connectivity index (χ4v) is 2.75. The van der Waals surface area contributed by atoms with Gasteiger partial charge in [-0.05, 0) is 44.4 Å². The summed E-state index contributed by atoms with van der Waals surface area (Å²) >= 11 is 0. The van der Waals surface area contributed by atoms with Crippen molar-refractivity contribution in [2.75, 3.05) is 34.4 Å². The Kier molecular flexibility index (Phi) is 7.32. The SMILES string of the molecule is CN=C(NCCc1ccc(OC)c(OC)c1)NCCc1c(C)noc1C. The van der Waals surface area contributed by atoms with Gasteiger partial charge in [0.25, 0.3) is 0 Å². The Hall–Kier alpha value is -2.70. The summed E-state index contributed by atoms with van der Waals surface area (Å²) in [5.74, 6) is 3.13. The van der Waals surface area contributed by atoms with Crippen LogP contribution in [0.3, 0.4) is 0 Å². The van der Waals surface area contributed by atoms with E-state index >= 15 is 0 Å². The highest BCUT2D eigenvalue weighted by Gasteiger charge is 2.09. The van der Waals surface area contributed by atoms with Crippen molar-refractivity contribution >= 4 is 5.96 Å². The van der Waals surface area contributed by atoms with Crippen molar-refractivity contribution in [3.05, 3.63) is 40.8 Å². The Morgan fingerprint density at radius 1 is 1.08 bits per heavy atom. The van der Waals surface area contributed by atoms with Crippen LogP contribution in [0.1, 0.15) is 22.6 Å². The maximum Gasteiger partial charge on any atom is 0.190 e. The molecule has 0 saturated heterocycles. The summed E-state index contributed by atoms with van der Waals surface area (Å²) in [6.45, 7) is 5.42. The van der Waals surface area contributed by atoms with Gasteiger partial charge in [0.2, 0.25) is 0 Å². The highest BCUT2D eigenvalue weighted by Crippen LogP contribution is 2.27. The average Bonchev–Trinajstić information content (AvgIpc) is 2.98. The molecule has 0 amide bonds. The van der Waals surface area contributed by atoms with E-state index in [0.717, 1.165) is 60.4 Å². The summed E-state index contributed by atoms with van der Waals surface area (Å²) in [6, 6.07) is 5.95. The van der Waals surface area contributed by atoms with Crippen LogP contribution in [0.5, 0.6) is 11.5 Å². The number of benzene rings is 1. The standard InChI is InChI=1S/C19H28N4O3/c1-13-16(14(2)26-23-13)9-11-22-19(20-3)21-10-8-15-6-7-17(24-4)18(12-15)25-5/h6-7,12H,8-11H2,1-5H3,(H2,20,21,22). The zero-order valence-corrected chi connectivity index (χ0v) is 16.2. The van der Waals surface area contributed by atoms with E-state index < -0.39 is 0 Å². The van der Waals surface area contributed by atoms with Crippen LogP contribution in [-0.2, 0) is 12.8 Å². The number of rotatable bonds is 8. The van der Waals surface area contributed by atoms with Crippen LogP contribution in [0, 0.1) is 13.8 Å². The predicted molar refractivity (Wildman–Crippen MR) is 102 cm³/mol. The lowest BCUT2D eigenvalue weighted by Crippen LogP contribution is -2.39. The molecule has 1 heterocycles. The molecule has 7 nitrogen and oxygen atoms in total. The molecule has 0 aliphatic carbocycles. The fourth-order valence-electron chi connectivity index (χ4n) is 2.75. The Labute approximate surface area is 154 Å². The van der Waals surface area contributed by atoms with Crippen LogP contribution in [0.2, 0.25) is 0 Å². The van der Waals surface area contributed by atoms with E-state index in [2.05, 4.69) is 20.8 Å². The van der Waals surface area contributed by atoms with E-state index in [1.54, 1.807) is 21.3 Å². The fraction of sp³-hybridized carbons (Fsp3) is 0.474. The number of hydrogen-bond acceptors (Lipinski definition) is 5. The molecule has 0 spiro atoms. The first-order chi connectivity index (χ1) is 12.6. The van der Waals surface area contributed by atoms with E-state index in [1.807, 2.05) is 32.0 Å². The van der Waals surface area contributed by atoms with Crippen molar-refractivity contribution in [2.24, 2.45) is 4.99 Å². The molecule has 0 saturated carbocycles. The first kappa shape index (κ1) is 19.6. The van der Waals surface area contributed by atoms with Gasteiger partial charge in [0.1, 0.15) is 5.76 Å². The molecule has 0 bridgehead atoms. The van der Waals surface area contributed by atoms with Crippen molar-refractivity contribution in [1.29, 1.82) is 0 Å². The highest BCUT2D eigenvalue weighted by molar-refractivity contribution is 5.79. The zero-order chi connectivity index (χ0) is 18.9. The van der Waals surface area contributed by atoms with E-state index in [-0.39, 0.29) is 0 Å². The molecular weight excluding hydrogens is 332 g/mol. The minimum absolute atomic E-state index is 0.737. The lowest BCUT2D eigenvalue weighted by atomic mass is 10.1. The maximum atomic E-state index is 5.34. The molecule has 2 rings (SSSR count). The van der Waals surface area contributed by atoms with Crippen LogP contribution < -0.4 is 20.1 Å². The Morgan fingerprint density at radius 2 is 1.77 bits per heavy atom. The number of aryl methyl sites for hydroxylation is 2. The van der Waals surface area contributed by atoms with Gasteiger partial charge in [-0.1, -0.05) is 11.2 Å². The van der Waals surface area contributed by atoms with Gasteiger partial charge in [-0.2, -0.15) is 0 Å². The number of nitrogens with one attached hydrogen (secondary N) is 2. The molecular formula is C19H28N4O3. The summed E-state index contributed by atoms with van der Waals surface area (Å²) in [7, 11) is 5.05. The van der Waals surface area contributed by atoms with Crippen molar-refractivity contribution in [1.82, 2.24) is 15.8 Å². The van der Waals surface area contributed by atoms with E-state index in [1.165, 1.54) is 5.56 Å². The maximum absolute atomic E-state index is 5.34. The molecule has 0 atom stereocenters. The molecule has 142 valence electrons. The number of aliphatic imine (C=N–C) groups is 1. The molecule has 1 aromatic carbocycles. The summed E-state index contributed by atoms with van der Waals surface area (Å²) < 4.78 is 15.8. The second kappa shape index (κ2) is 9.70. The van der Waals surface area contributed by atoms with Gasteiger partial charge in [-0.15, -0.1) is 0 Å². The number of nitrogens with zero attached hydrogens (tertiary/aromatic N) is 2. The van der Waals surface area contributed by atoms with Gasteiger partial charge in [-0.3, -0.25) is 4.99 Å². The number of guanidine groups is 1. The summed E-state index contributed by atoms with van der Waals surface area (Å²) in [5, 5.41) is 10.6. The van der Waals surface area contributed by atoms with Crippen molar-refractivity contribution in [3.63, 3.8) is 0 Å². The first-order valence-corrected chi connectivity index (χ1v) is 8.66. The molecule has 1 aromatic heterocycles. The zero-order valence-electron chi connectivity index (χ0n) is 16.2. The third kappa shape index (κ3) is 5.15. The molecule has 0 radical (unpaired) electrons.